The van der Waals surface area contributed by atoms with Crippen molar-refractivity contribution >= 4 is 18.0 Å². The minimum Gasteiger partial charge on any atom is -0.298 e. The van der Waals surface area contributed by atoms with E-state index in [4.69, 9.17) is 0 Å². The van der Waals surface area contributed by atoms with E-state index in [1.807, 2.05) is 6.07 Å². The SMILES string of the molecule is CC(C)Sc1ccc(C=O)cn1. The summed E-state index contributed by atoms with van der Waals surface area (Å²) in [6.07, 6.45) is 2.40. The zero-order valence-corrected chi connectivity index (χ0v) is 7.97. The van der Waals surface area contributed by atoms with Crippen LogP contribution in [-0.2, 0) is 0 Å². The summed E-state index contributed by atoms with van der Waals surface area (Å²) in [7, 11) is 0. The number of nitrogens with zero attached hydrogens (tertiary/aromatic N) is 1. The molecule has 1 aromatic heterocycles. The molecule has 1 rings (SSSR count). The number of hydrogen-bond acceptors (Lipinski definition) is 3. The van der Waals surface area contributed by atoms with Gasteiger partial charge in [0.2, 0.25) is 0 Å². The monoisotopic (exact) mass is 181 g/mol. The quantitative estimate of drug-likeness (QED) is 0.529. The van der Waals surface area contributed by atoms with Crippen LogP contribution in [0.15, 0.2) is 23.4 Å². The second-order valence-corrected chi connectivity index (χ2v) is 4.31. The Hall–Kier alpha value is -0.830. The third-order valence-corrected chi connectivity index (χ3v) is 2.21. The summed E-state index contributed by atoms with van der Waals surface area (Å²) >= 11 is 1.69. The molecule has 1 aromatic rings. The van der Waals surface area contributed by atoms with E-state index in [2.05, 4.69) is 18.8 Å². The predicted molar refractivity (Wildman–Crippen MR) is 50.6 cm³/mol. The van der Waals surface area contributed by atoms with Crippen molar-refractivity contribution in [1.82, 2.24) is 4.98 Å². The molecule has 0 unspecified atom stereocenters. The molecule has 3 heteroatoms. The predicted octanol–water partition coefficient (Wildman–Crippen LogP) is 2.39. The van der Waals surface area contributed by atoms with Crippen LogP contribution in [-0.4, -0.2) is 16.5 Å². The van der Waals surface area contributed by atoms with Gasteiger partial charge in [0.15, 0.2) is 6.29 Å². The molecule has 0 aliphatic carbocycles. The van der Waals surface area contributed by atoms with Crippen molar-refractivity contribution in [1.29, 1.82) is 0 Å². The van der Waals surface area contributed by atoms with Crippen molar-refractivity contribution in [3.8, 4) is 0 Å². The van der Waals surface area contributed by atoms with Crippen LogP contribution in [0.3, 0.4) is 0 Å². The number of aromatic nitrogens is 1. The molecule has 0 spiro atoms. The van der Waals surface area contributed by atoms with Gasteiger partial charge in [-0.1, -0.05) is 13.8 Å². The normalized spacial score (nSPS) is 10.2. The number of thioether (sulfide) groups is 1. The molecule has 0 N–H and O–H groups in total. The number of hydrogen-bond donors (Lipinski definition) is 0. The molecule has 0 saturated heterocycles. The van der Waals surface area contributed by atoms with Gasteiger partial charge in [0.1, 0.15) is 0 Å². The second-order valence-electron chi connectivity index (χ2n) is 2.71. The van der Waals surface area contributed by atoms with E-state index in [-0.39, 0.29) is 0 Å². The molecule has 0 atom stereocenters. The van der Waals surface area contributed by atoms with E-state index in [0.29, 0.717) is 10.8 Å². The van der Waals surface area contributed by atoms with Crippen molar-refractivity contribution in [2.45, 2.75) is 24.1 Å². The van der Waals surface area contributed by atoms with Crippen molar-refractivity contribution < 1.29 is 4.79 Å². The molecule has 64 valence electrons. The van der Waals surface area contributed by atoms with Crippen LogP contribution < -0.4 is 0 Å². The Morgan fingerprint density at radius 1 is 1.50 bits per heavy atom. The Kier molecular flexibility index (Phi) is 3.29. The Bertz CT molecular complexity index is 256. The Balaban J connectivity index is 2.71. The van der Waals surface area contributed by atoms with E-state index in [1.165, 1.54) is 0 Å². The lowest BCUT2D eigenvalue weighted by Crippen LogP contribution is -1.89. The summed E-state index contributed by atoms with van der Waals surface area (Å²) < 4.78 is 0. The molecular weight excluding hydrogens is 170 g/mol. The van der Waals surface area contributed by atoms with Gasteiger partial charge in [-0.3, -0.25) is 4.79 Å². The van der Waals surface area contributed by atoms with Gasteiger partial charge >= 0.3 is 0 Å². The van der Waals surface area contributed by atoms with Crippen molar-refractivity contribution in [2.24, 2.45) is 0 Å². The third-order valence-electron chi connectivity index (χ3n) is 1.25. The van der Waals surface area contributed by atoms with Gasteiger partial charge < -0.3 is 0 Å². The fourth-order valence-corrected chi connectivity index (χ4v) is 1.52. The van der Waals surface area contributed by atoms with Crippen LogP contribution in [0.1, 0.15) is 24.2 Å². The topological polar surface area (TPSA) is 30.0 Å². The molecule has 0 bridgehead atoms. The van der Waals surface area contributed by atoms with Gasteiger partial charge in [0, 0.05) is 17.0 Å². The van der Waals surface area contributed by atoms with Crippen LogP contribution in [0.4, 0.5) is 0 Å². The largest absolute Gasteiger partial charge is 0.298 e. The van der Waals surface area contributed by atoms with E-state index in [1.54, 1.807) is 24.0 Å². The minimum atomic E-state index is 0.527. The first-order chi connectivity index (χ1) is 5.72. The molecule has 0 amide bonds. The summed E-state index contributed by atoms with van der Waals surface area (Å²) in [5.74, 6) is 0. The maximum Gasteiger partial charge on any atom is 0.151 e. The number of carbonyl (C=O) groups is 1. The number of aldehydes is 1. The Morgan fingerprint density at radius 2 is 2.25 bits per heavy atom. The van der Waals surface area contributed by atoms with Crippen LogP contribution in [0.5, 0.6) is 0 Å². The lowest BCUT2D eigenvalue weighted by atomic mass is 10.3. The zero-order valence-electron chi connectivity index (χ0n) is 7.15. The Morgan fingerprint density at radius 3 is 2.67 bits per heavy atom. The average molecular weight is 181 g/mol. The van der Waals surface area contributed by atoms with E-state index in [9.17, 15) is 4.79 Å². The standard InChI is InChI=1S/C9H11NOS/c1-7(2)12-9-4-3-8(6-11)5-10-9/h3-7H,1-2H3. The smallest absolute Gasteiger partial charge is 0.151 e. The highest BCUT2D eigenvalue weighted by Gasteiger charge is 1.98. The Labute approximate surface area is 76.4 Å². The molecule has 0 aliphatic heterocycles. The lowest BCUT2D eigenvalue weighted by Gasteiger charge is -2.02. The average Bonchev–Trinajstić information content (AvgIpc) is 2.05. The zero-order chi connectivity index (χ0) is 8.97. The molecule has 1 heterocycles. The van der Waals surface area contributed by atoms with Crippen LogP contribution in [0.25, 0.3) is 0 Å². The fraction of sp³-hybridized carbons (Fsp3) is 0.333. The minimum absolute atomic E-state index is 0.527. The molecule has 0 saturated carbocycles. The summed E-state index contributed by atoms with van der Waals surface area (Å²) in [6.45, 7) is 4.22. The molecule has 0 aliphatic rings. The van der Waals surface area contributed by atoms with Gasteiger partial charge in [-0.25, -0.2) is 4.98 Å². The maximum absolute atomic E-state index is 10.3. The van der Waals surface area contributed by atoms with Gasteiger partial charge in [-0.15, -0.1) is 11.8 Å². The van der Waals surface area contributed by atoms with Gasteiger partial charge in [-0.2, -0.15) is 0 Å². The van der Waals surface area contributed by atoms with Gasteiger partial charge in [0.05, 0.1) is 5.03 Å². The molecule has 12 heavy (non-hydrogen) atoms. The van der Waals surface area contributed by atoms with Crippen molar-refractivity contribution in [3.05, 3.63) is 23.9 Å². The van der Waals surface area contributed by atoms with E-state index in [0.717, 1.165) is 11.3 Å². The maximum atomic E-state index is 10.3. The van der Waals surface area contributed by atoms with Gasteiger partial charge in [0.25, 0.3) is 0 Å². The molecular formula is C9H11NOS. The number of carbonyl (C=O) groups excluding carboxylic acids is 1. The first-order valence-corrected chi connectivity index (χ1v) is 4.68. The molecule has 2 nitrogen and oxygen atoms in total. The summed E-state index contributed by atoms with van der Waals surface area (Å²) in [6, 6.07) is 3.65. The highest BCUT2D eigenvalue weighted by Crippen LogP contribution is 2.19. The van der Waals surface area contributed by atoms with Gasteiger partial charge in [-0.05, 0) is 12.1 Å². The molecule has 0 radical (unpaired) electrons. The lowest BCUT2D eigenvalue weighted by molar-refractivity contribution is 0.112. The van der Waals surface area contributed by atoms with Crippen LogP contribution in [0, 0.1) is 0 Å². The van der Waals surface area contributed by atoms with Crippen molar-refractivity contribution in [2.75, 3.05) is 0 Å². The highest BCUT2D eigenvalue weighted by molar-refractivity contribution is 7.99. The van der Waals surface area contributed by atoms with E-state index >= 15 is 0 Å². The summed E-state index contributed by atoms with van der Waals surface area (Å²) in [5.41, 5.74) is 0.628. The number of pyridine rings is 1. The summed E-state index contributed by atoms with van der Waals surface area (Å²) in [5, 5.41) is 1.50. The highest BCUT2D eigenvalue weighted by atomic mass is 32.2. The van der Waals surface area contributed by atoms with Crippen LogP contribution >= 0.6 is 11.8 Å². The third kappa shape index (κ3) is 2.66. The second kappa shape index (κ2) is 4.26. The number of rotatable bonds is 3. The van der Waals surface area contributed by atoms with Crippen molar-refractivity contribution in [3.63, 3.8) is 0 Å². The summed E-state index contributed by atoms with van der Waals surface area (Å²) in [4.78, 5) is 14.4. The molecule has 0 fully saturated rings. The fourth-order valence-electron chi connectivity index (χ4n) is 0.773. The van der Waals surface area contributed by atoms with E-state index < -0.39 is 0 Å². The first-order valence-electron chi connectivity index (χ1n) is 3.80. The molecule has 0 aromatic carbocycles. The van der Waals surface area contributed by atoms with Crippen LogP contribution in [0.2, 0.25) is 0 Å². The first kappa shape index (κ1) is 9.26.